The zero-order chi connectivity index (χ0) is 16.7. The highest BCUT2D eigenvalue weighted by Gasteiger charge is 2.39. The lowest BCUT2D eigenvalue weighted by molar-refractivity contribution is 0.0903. The summed E-state index contributed by atoms with van der Waals surface area (Å²) in [6.07, 6.45) is 3.30. The van der Waals surface area contributed by atoms with Gasteiger partial charge in [0.05, 0.1) is 0 Å². The van der Waals surface area contributed by atoms with Gasteiger partial charge >= 0.3 is 0 Å². The average molecular weight is 324 g/mol. The summed E-state index contributed by atoms with van der Waals surface area (Å²) in [6, 6.07) is 11.8. The van der Waals surface area contributed by atoms with Crippen molar-refractivity contribution < 1.29 is 14.0 Å². The largest absolute Gasteiger partial charge is 0.451 e. The van der Waals surface area contributed by atoms with E-state index in [1.807, 2.05) is 18.2 Å². The fourth-order valence-corrected chi connectivity index (χ4v) is 3.83. The Morgan fingerprint density at radius 1 is 1.17 bits per heavy atom. The Morgan fingerprint density at radius 3 is 2.71 bits per heavy atom. The molecule has 0 radical (unpaired) electrons. The van der Waals surface area contributed by atoms with Gasteiger partial charge in [-0.3, -0.25) is 9.59 Å². The van der Waals surface area contributed by atoms with Gasteiger partial charge in [-0.05, 0) is 38.3 Å². The van der Waals surface area contributed by atoms with Gasteiger partial charge in [0, 0.05) is 29.3 Å². The molecule has 2 bridgehead atoms. The van der Waals surface area contributed by atoms with E-state index in [-0.39, 0.29) is 23.5 Å². The highest BCUT2D eigenvalue weighted by Crippen LogP contribution is 2.29. The highest BCUT2D eigenvalue weighted by molar-refractivity contribution is 6.00. The third kappa shape index (κ3) is 2.65. The van der Waals surface area contributed by atoms with Crippen molar-refractivity contribution in [3.8, 4) is 11.3 Å². The lowest BCUT2D eigenvalue weighted by atomic mass is 9.95. The van der Waals surface area contributed by atoms with Gasteiger partial charge in [0.1, 0.15) is 5.76 Å². The van der Waals surface area contributed by atoms with Crippen LogP contribution in [0.5, 0.6) is 0 Å². The second-order valence-electron chi connectivity index (χ2n) is 6.63. The van der Waals surface area contributed by atoms with E-state index in [9.17, 15) is 9.59 Å². The summed E-state index contributed by atoms with van der Waals surface area (Å²) in [7, 11) is 0. The van der Waals surface area contributed by atoms with Crippen molar-refractivity contribution in [2.45, 2.75) is 44.3 Å². The Bertz CT molecular complexity index is 795. The Balaban J connectivity index is 1.53. The SMILES string of the molecule is CC(=O)c1ccccc1-c1ccc(C(=O)NC2CC3CCC2N3)o1. The number of furan rings is 1. The number of carbonyl (C=O) groups excluding carboxylic acids is 2. The maximum Gasteiger partial charge on any atom is 0.287 e. The number of ketones is 1. The van der Waals surface area contributed by atoms with Crippen LogP contribution in [0, 0.1) is 0 Å². The maximum absolute atomic E-state index is 12.4. The topological polar surface area (TPSA) is 71.3 Å². The Morgan fingerprint density at radius 2 is 2.00 bits per heavy atom. The molecule has 3 atom stereocenters. The van der Waals surface area contributed by atoms with Gasteiger partial charge in [0.15, 0.2) is 11.5 Å². The maximum atomic E-state index is 12.4. The molecule has 2 aliphatic heterocycles. The zero-order valence-corrected chi connectivity index (χ0v) is 13.5. The minimum atomic E-state index is -0.194. The number of hydrogen-bond donors (Lipinski definition) is 2. The van der Waals surface area contributed by atoms with Crippen LogP contribution >= 0.6 is 0 Å². The summed E-state index contributed by atoms with van der Waals surface area (Å²) in [5, 5.41) is 6.57. The van der Waals surface area contributed by atoms with Crippen LogP contribution in [0.2, 0.25) is 0 Å². The Hall–Kier alpha value is -2.40. The molecule has 2 saturated heterocycles. The fraction of sp³-hybridized carbons (Fsp3) is 0.368. The molecule has 2 aromatic rings. The van der Waals surface area contributed by atoms with E-state index in [0.29, 0.717) is 29.0 Å². The van der Waals surface area contributed by atoms with Crippen molar-refractivity contribution in [2.75, 3.05) is 0 Å². The van der Waals surface area contributed by atoms with Gasteiger partial charge in [-0.25, -0.2) is 0 Å². The minimum absolute atomic E-state index is 0.0268. The molecule has 1 aromatic carbocycles. The summed E-state index contributed by atoms with van der Waals surface area (Å²) in [5.41, 5.74) is 1.31. The zero-order valence-electron chi connectivity index (χ0n) is 13.5. The van der Waals surface area contributed by atoms with Crippen molar-refractivity contribution in [2.24, 2.45) is 0 Å². The summed E-state index contributed by atoms with van der Waals surface area (Å²) >= 11 is 0. The molecular weight excluding hydrogens is 304 g/mol. The van der Waals surface area contributed by atoms with Crippen molar-refractivity contribution >= 4 is 11.7 Å². The summed E-state index contributed by atoms with van der Waals surface area (Å²) in [6.45, 7) is 1.53. The second-order valence-corrected chi connectivity index (χ2v) is 6.63. The number of carbonyl (C=O) groups is 2. The van der Waals surface area contributed by atoms with E-state index >= 15 is 0 Å². The second kappa shape index (κ2) is 5.91. The molecular formula is C19H20N2O3. The average Bonchev–Trinajstić information content (AvgIpc) is 3.31. The van der Waals surface area contributed by atoms with Crippen LogP contribution in [0.3, 0.4) is 0 Å². The Labute approximate surface area is 140 Å². The van der Waals surface area contributed by atoms with Gasteiger partial charge in [-0.15, -0.1) is 0 Å². The van der Waals surface area contributed by atoms with Crippen LogP contribution in [-0.4, -0.2) is 29.8 Å². The molecule has 5 nitrogen and oxygen atoms in total. The summed E-state index contributed by atoms with van der Waals surface area (Å²) < 4.78 is 5.73. The standard InChI is InChI=1S/C19H20N2O3/c1-11(22)13-4-2-3-5-14(13)17-8-9-18(24-17)19(23)21-16-10-12-6-7-15(16)20-12/h2-5,8-9,12,15-16,20H,6-7,10H2,1H3,(H,21,23). The Kier molecular flexibility index (Phi) is 3.73. The molecule has 1 amide bonds. The van der Waals surface area contributed by atoms with E-state index < -0.39 is 0 Å². The number of amides is 1. The lowest BCUT2D eigenvalue weighted by Gasteiger charge is -2.20. The first-order chi connectivity index (χ1) is 11.6. The number of nitrogens with one attached hydrogen (secondary N) is 2. The van der Waals surface area contributed by atoms with Crippen molar-refractivity contribution in [3.05, 3.63) is 47.7 Å². The normalized spacial score (nSPS) is 25.0. The van der Waals surface area contributed by atoms with Gasteiger partial charge < -0.3 is 15.1 Å². The highest BCUT2D eigenvalue weighted by atomic mass is 16.4. The van der Waals surface area contributed by atoms with E-state index in [1.165, 1.54) is 13.3 Å². The van der Waals surface area contributed by atoms with Crippen LogP contribution < -0.4 is 10.6 Å². The number of fused-ring (bicyclic) bond motifs is 2. The first-order valence-corrected chi connectivity index (χ1v) is 8.39. The third-order valence-corrected chi connectivity index (χ3v) is 5.02. The van der Waals surface area contributed by atoms with E-state index in [1.54, 1.807) is 18.2 Å². The first-order valence-electron chi connectivity index (χ1n) is 8.39. The van der Waals surface area contributed by atoms with E-state index in [2.05, 4.69) is 10.6 Å². The molecule has 4 rings (SSSR count). The quantitative estimate of drug-likeness (QED) is 0.848. The molecule has 0 spiro atoms. The monoisotopic (exact) mass is 324 g/mol. The van der Waals surface area contributed by atoms with Crippen molar-refractivity contribution in [1.82, 2.24) is 10.6 Å². The third-order valence-electron chi connectivity index (χ3n) is 5.02. The molecule has 2 N–H and O–H groups in total. The van der Waals surface area contributed by atoms with Crippen LogP contribution in [0.15, 0.2) is 40.8 Å². The van der Waals surface area contributed by atoms with Gasteiger partial charge in [0.25, 0.3) is 5.91 Å². The predicted octanol–water partition coefficient (Wildman–Crippen LogP) is 2.77. The minimum Gasteiger partial charge on any atom is -0.451 e. The molecule has 5 heteroatoms. The number of Topliss-reactive ketones (excluding diaryl/α,β-unsaturated/α-hetero) is 1. The van der Waals surface area contributed by atoms with Gasteiger partial charge in [-0.1, -0.05) is 24.3 Å². The summed E-state index contributed by atoms with van der Waals surface area (Å²) in [5.74, 6) is 0.602. The first kappa shape index (κ1) is 15.1. The lowest BCUT2D eigenvalue weighted by Crippen LogP contribution is -2.42. The fourth-order valence-electron chi connectivity index (χ4n) is 3.83. The number of benzene rings is 1. The van der Waals surface area contributed by atoms with Crippen molar-refractivity contribution in [3.63, 3.8) is 0 Å². The molecule has 1 aromatic heterocycles. The van der Waals surface area contributed by atoms with E-state index in [4.69, 9.17) is 4.42 Å². The molecule has 24 heavy (non-hydrogen) atoms. The van der Waals surface area contributed by atoms with Gasteiger partial charge in [0.2, 0.25) is 0 Å². The molecule has 2 fully saturated rings. The molecule has 2 aliphatic rings. The van der Waals surface area contributed by atoms with Crippen LogP contribution in [0.25, 0.3) is 11.3 Å². The van der Waals surface area contributed by atoms with E-state index in [0.717, 1.165) is 12.8 Å². The molecule has 3 unspecified atom stereocenters. The van der Waals surface area contributed by atoms with Gasteiger partial charge in [-0.2, -0.15) is 0 Å². The number of rotatable bonds is 4. The molecule has 3 heterocycles. The predicted molar refractivity (Wildman–Crippen MR) is 90.0 cm³/mol. The smallest absolute Gasteiger partial charge is 0.287 e. The molecule has 0 saturated carbocycles. The van der Waals surface area contributed by atoms with Crippen LogP contribution in [-0.2, 0) is 0 Å². The van der Waals surface area contributed by atoms with Crippen LogP contribution in [0.1, 0.15) is 47.1 Å². The molecule has 124 valence electrons. The van der Waals surface area contributed by atoms with Crippen molar-refractivity contribution in [1.29, 1.82) is 0 Å². The summed E-state index contributed by atoms with van der Waals surface area (Å²) in [4.78, 5) is 24.2. The van der Waals surface area contributed by atoms with Crippen LogP contribution in [0.4, 0.5) is 0 Å². The molecule has 0 aliphatic carbocycles. The number of hydrogen-bond acceptors (Lipinski definition) is 4.